The van der Waals surface area contributed by atoms with E-state index in [1.807, 2.05) is 23.6 Å². The number of aromatic nitrogens is 4. The zero-order valence-electron chi connectivity index (χ0n) is 17.7. The monoisotopic (exact) mass is 398 g/mol. The molecule has 6 nitrogen and oxygen atoms in total. The van der Waals surface area contributed by atoms with Crippen LogP contribution in [0.25, 0.3) is 16.8 Å². The van der Waals surface area contributed by atoms with Gasteiger partial charge in [-0.15, -0.1) is 0 Å². The lowest BCUT2D eigenvalue weighted by molar-refractivity contribution is 0.632. The van der Waals surface area contributed by atoms with E-state index in [1.165, 1.54) is 0 Å². The molecule has 30 heavy (non-hydrogen) atoms. The Morgan fingerprint density at radius 2 is 1.47 bits per heavy atom. The summed E-state index contributed by atoms with van der Waals surface area (Å²) in [5.74, 6) is 2.17. The van der Waals surface area contributed by atoms with Crippen LogP contribution in [-0.2, 0) is 0 Å². The number of piperazine rings is 1. The van der Waals surface area contributed by atoms with E-state index in [9.17, 15) is 0 Å². The van der Waals surface area contributed by atoms with Gasteiger partial charge in [0.2, 0.25) is 0 Å². The van der Waals surface area contributed by atoms with Crippen molar-refractivity contribution < 1.29 is 0 Å². The molecule has 1 aliphatic heterocycles. The minimum absolute atomic E-state index is 0.924. The Morgan fingerprint density at radius 3 is 2.20 bits per heavy atom. The van der Waals surface area contributed by atoms with Gasteiger partial charge in [0.25, 0.3) is 0 Å². The molecule has 0 radical (unpaired) electrons. The lowest BCUT2D eigenvalue weighted by Crippen LogP contribution is -2.47. The van der Waals surface area contributed by atoms with Gasteiger partial charge in [-0.2, -0.15) is 9.61 Å². The number of benzene rings is 1. The molecule has 1 aliphatic rings. The number of nitrogens with zero attached hydrogens (tertiary/aromatic N) is 6. The Kier molecular flexibility index (Phi) is 4.62. The van der Waals surface area contributed by atoms with Crippen LogP contribution in [0.4, 0.5) is 11.6 Å². The van der Waals surface area contributed by atoms with Crippen LogP contribution in [0.3, 0.4) is 0 Å². The van der Waals surface area contributed by atoms with Gasteiger partial charge in [-0.1, -0.05) is 36.4 Å². The van der Waals surface area contributed by atoms with Gasteiger partial charge in [0.15, 0.2) is 5.65 Å². The van der Waals surface area contributed by atoms with Crippen LogP contribution in [0.5, 0.6) is 0 Å². The summed E-state index contributed by atoms with van der Waals surface area (Å²) >= 11 is 0. The number of anilines is 2. The molecule has 1 aromatic carbocycles. The Morgan fingerprint density at radius 1 is 0.733 bits per heavy atom. The third-order valence-electron chi connectivity index (χ3n) is 5.74. The maximum Gasteiger partial charge on any atom is 0.165 e. The van der Waals surface area contributed by atoms with Crippen LogP contribution in [-0.4, -0.2) is 45.8 Å². The molecule has 3 aromatic heterocycles. The van der Waals surface area contributed by atoms with Crippen molar-refractivity contribution >= 4 is 17.3 Å². The van der Waals surface area contributed by atoms with Gasteiger partial charge in [0.1, 0.15) is 11.6 Å². The predicted molar refractivity (Wildman–Crippen MR) is 121 cm³/mol. The van der Waals surface area contributed by atoms with Crippen LogP contribution in [0.15, 0.2) is 54.6 Å². The third-order valence-corrected chi connectivity index (χ3v) is 5.74. The van der Waals surface area contributed by atoms with Gasteiger partial charge < -0.3 is 9.80 Å². The van der Waals surface area contributed by atoms with E-state index in [4.69, 9.17) is 10.1 Å². The molecular weight excluding hydrogens is 372 g/mol. The maximum absolute atomic E-state index is 4.88. The summed E-state index contributed by atoms with van der Waals surface area (Å²) in [6.45, 7) is 9.89. The summed E-state index contributed by atoms with van der Waals surface area (Å²) in [6, 6.07) is 18.8. The number of aryl methyl sites for hydroxylation is 3. The fourth-order valence-corrected chi connectivity index (χ4v) is 4.26. The molecule has 0 bridgehead atoms. The molecule has 0 N–H and O–H groups in total. The highest BCUT2D eigenvalue weighted by Crippen LogP contribution is 2.30. The van der Waals surface area contributed by atoms with E-state index in [1.54, 1.807) is 0 Å². The minimum atomic E-state index is 0.924. The average molecular weight is 399 g/mol. The molecule has 0 atom stereocenters. The van der Waals surface area contributed by atoms with Crippen LogP contribution >= 0.6 is 0 Å². The Balaban J connectivity index is 1.48. The van der Waals surface area contributed by atoms with E-state index in [0.717, 1.165) is 71.7 Å². The van der Waals surface area contributed by atoms with E-state index in [2.05, 4.69) is 71.1 Å². The summed E-state index contributed by atoms with van der Waals surface area (Å²) in [6.07, 6.45) is 0. The second-order valence-corrected chi connectivity index (χ2v) is 7.93. The molecule has 4 aromatic rings. The first-order chi connectivity index (χ1) is 14.6. The molecular formula is C24H26N6. The first kappa shape index (κ1) is 18.6. The van der Waals surface area contributed by atoms with Crippen molar-refractivity contribution in [2.75, 3.05) is 36.0 Å². The number of hydrogen-bond donors (Lipinski definition) is 0. The molecule has 0 saturated carbocycles. The van der Waals surface area contributed by atoms with Gasteiger partial charge in [-0.05, 0) is 38.5 Å². The van der Waals surface area contributed by atoms with E-state index in [0.29, 0.717) is 0 Å². The van der Waals surface area contributed by atoms with E-state index < -0.39 is 0 Å². The molecule has 4 heterocycles. The summed E-state index contributed by atoms with van der Waals surface area (Å²) in [5.41, 5.74) is 6.27. The van der Waals surface area contributed by atoms with E-state index >= 15 is 0 Å². The van der Waals surface area contributed by atoms with Gasteiger partial charge >= 0.3 is 0 Å². The lowest BCUT2D eigenvalue weighted by atomic mass is 10.1. The molecule has 0 spiro atoms. The van der Waals surface area contributed by atoms with Crippen LogP contribution in [0.2, 0.25) is 0 Å². The van der Waals surface area contributed by atoms with E-state index in [-0.39, 0.29) is 0 Å². The van der Waals surface area contributed by atoms with Crippen molar-refractivity contribution in [1.82, 2.24) is 19.6 Å². The number of rotatable bonds is 3. The van der Waals surface area contributed by atoms with Gasteiger partial charge in [0, 0.05) is 49.2 Å². The second-order valence-electron chi connectivity index (χ2n) is 7.93. The molecule has 1 fully saturated rings. The van der Waals surface area contributed by atoms with Crippen LogP contribution in [0.1, 0.15) is 17.1 Å². The summed E-state index contributed by atoms with van der Waals surface area (Å²) in [7, 11) is 0. The largest absolute Gasteiger partial charge is 0.353 e. The summed E-state index contributed by atoms with van der Waals surface area (Å²) < 4.78 is 2.02. The molecule has 1 saturated heterocycles. The fraction of sp³-hybridized carbons (Fsp3) is 0.292. The Bertz CT molecular complexity index is 1190. The number of pyridine rings is 1. The normalized spacial score (nSPS) is 14.5. The zero-order valence-corrected chi connectivity index (χ0v) is 17.7. The van der Waals surface area contributed by atoms with Crippen LogP contribution in [0, 0.1) is 20.8 Å². The van der Waals surface area contributed by atoms with Crippen LogP contribution < -0.4 is 9.80 Å². The lowest BCUT2D eigenvalue weighted by Gasteiger charge is -2.36. The Labute approximate surface area is 176 Å². The van der Waals surface area contributed by atoms with Gasteiger partial charge in [-0.25, -0.2) is 9.97 Å². The highest BCUT2D eigenvalue weighted by Gasteiger charge is 2.23. The molecule has 5 rings (SSSR count). The maximum atomic E-state index is 4.88. The van der Waals surface area contributed by atoms with Gasteiger partial charge in [-0.3, -0.25) is 0 Å². The Hall–Kier alpha value is -3.41. The van der Waals surface area contributed by atoms with Gasteiger partial charge in [0.05, 0.1) is 5.69 Å². The van der Waals surface area contributed by atoms with Crippen molar-refractivity contribution in [3.8, 4) is 11.1 Å². The third kappa shape index (κ3) is 3.28. The molecule has 6 heteroatoms. The summed E-state index contributed by atoms with van der Waals surface area (Å²) in [5, 5.41) is 4.88. The standard InChI is InChI=1S/C24H26N6/c1-17-8-7-11-21(25-17)28-12-14-29(15-13-28)22-16-18(2)26-24-23(19(3)27-30(22)24)20-9-5-4-6-10-20/h4-11,16H,12-15H2,1-3H3. The highest BCUT2D eigenvalue weighted by molar-refractivity contribution is 5.81. The van der Waals surface area contributed by atoms with Crippen molar-refractivity contribution in [3.05, 3.63) is 71.7 Å². The quantitative estimate of drug-likeness (QED) is 0.521. The number of fused-ring (bicyclic) bond motifs is 1. The second kappa shape index (κ2) is 7.44. The minimum Gasteiger partial charge on any atom is -0.353 e. The first-order valence-corrected chi connectivity index (χ1v) is 10.5. The molecule has 0 aliphatic carbocycles. The zero-order chi connectivity index (χ0) is 20.7. The predicted octanol–water partition coefficient (Wildman–Crippen LogP) is 4.04. The average Bonchev–Trinajstić information content (AvgIpc) is 3.09. The first-order valence-electron chi connectivity index (χ1n) is 10.5. The smallest absolute Gasteiger partial charge is 0.165 e. The number of hydrogen-bond acceptors (Lipinski definition) is 5. The molecule has 0 amide bonds. The fourth-order valence-electron chi connectivity index (χ4n) is 4.26. The topological polar surface area (TPSA) is 49.6 Å². The van der Waals surface area contributed by atoms with Crippen molar-refractivity contribution in [2.24, 2.45) is 0 Å². The molecule has 0 unspecified atom stereocenters. The molecule has 152 valence electrons. The van der Waals surface area contributed by atoms with Crippen molar-refractivity contribution in [1.29, 1.82) is 0 Å². The highest BCUT2D eigenvalue weighted by atomic mass is 15.4. The van der Waals surface area contributed by atoms with Crippen molar-refractivity contribution in [3.63, 3.8) is 0 Å². The van der Waals surface area contributed by atoms with Crippen molar-refractivity contribution in [2.45, 2.75) is 20.8 Å². The SMILES string of the molecule is Cc1cccc(N2CCN(c3cc(C)nc4c(-c5ccccc5)c(C)nn34)CC2)n1. The summed E-state index contributed by atoms with van der Waals surface area (Å²) in [4.78, 5) is 14.3.